The van der Waals surface area contributed by atoms with E-state index in [1.807, 2.05) is 45.0 Å². The number of nitrogens with zero attached hydrogens (tertiary/aromatic N) is 3. The Morgan fingerprint density at radius 1 is 1.23 bits per heavy atom. The number of hydrogen-bond acceptors (Lipinski definition) is 6. The highest BCUT2D eigenvalue weighted by Gasteiger charge is 2.58. The van der Waals surface area contributed by atoms with Crippen LogP contribution in [0.4, 0.5) is 0 Å². The molecule has 1 aromatic carbocycles. The van der Waals surface area contributed by atoms with Gasteiger partial charge in [0.05, 0.1) is 56.8 Å². The van der Waals surface area contributed by atoms with Gasteiger partial charge in [-0.2, -0.15) is 15.8 Å². The van der Waals surface area contributed by atoms with E-state index in [0.29, 0.717) is 24.7 Å². The van der Waals surface area contributed by atoms with Crippen LogP contribution >= 0.6 is 0 Å². The van der Waals surface area contributed by atoms with Crippen molar-refractivity contribution in [2.45, 2.75) is 32.8 Å². The number of nitrogens with one attached hydrogen (secondary N) is 2. The molecule has 3 rings (SSSR count). The van der Waals surface area contributed by atoms with Crippen LogP contribution < -0.4 is 14.4 Å². The van der Waals surface area contributed by atoms with Gasteiger partial charge in [-0.05, 0) is 50.1 Å². The van der Waals surface area contributed by atoms with Crippen LogP contribution in [0.15, 0.2) is 29.8 Å². The van der Waals surface area contributed by atoms with Gasteiger partial charge in [0.2, 0.25) is 0 Å². The second kappa shape index (κ2) is 8.80. The highest BCUT2D eigenvalue weighted by Crippen LogP contribution is 2.53. The van der Waals surface area contributed by atoms with Crippen molar-refractivity contribution >= 4 is 5.71 Å². The third-order valence-corrected chi connectivity index (χ3v) is 6.07. The molecule has 1 aliphatic carbocycles. The number of ether oxygens (including phenoxy) is 2. The Kier molecular flexibility index (Phi) is 6.34. The fraction of sp³-hybridized carbons (Fsp3) is 0.500. The van der Waals surface area contributed by atoms with Crippen molar-refractivity contribution in [2.24, 2.45) is 17.3 Å². The molecule has 0 radical (unpaired) electrons. The minimum atomic E-state index is -1.72. The first kappa shape index (κ1) is 22.3. The molecule has 0 aromatic heterocycles. The lowest BCUT2D eigenvalue weighted by atomic mass is 9.54. The highest BCUT2D eigenvalue weighted by molar-refractivity contribution is 6.00. The lowest BCUT2D eigenvalue weighted by molar-refractivity contribution is -0.878. The van der Waals surface area contributed by atoms with Crippen LogP contribution in [0.2, 0.25) is 0 Å². The largest absolute Gasteiger partial charge is 0.490 e. The van der Waals surface area contributed by atoms with Gasteiger partial charge < -0.3 is 19.8 Å². The Hall–Kier alpha value is -3.34. The summed E-state index contributed by atoms with van der Waals surface area (Å²) in [6.45, 7) is 7.63. The first-order valence-electron chi connectivity index (χ1n) is 10.6. The summed E-state index contributed by atoms with van der Waals surface area (Å²) in [7, 11) is 2.05. The molecular weight excluding hydrogens is 390 g/mol. The maximum Gasteiger partial charge on any atom is 0.189 e. The van der Waals surface area contributed by atoms with Gasteiger partial charge in [0.1, 0.15) is 5.92 Å². The second-order valence-electron chi connectivity index (χ2n) is 8.47. The number of quaternary nitrogens is 1. The number of fused-ring (bicyclic) bond motifs is 1. The minimum absolute atomic E-state index is 0.0354. The van der Waals surface area contributed by atoms with E-state index in [-0.39, 0.29) is 17.7 Å². The summed E-state index contributed by atoms with van der Waals surface area (Å²) >= 11 is 0. The van der Waals surface area contributed by atoms with Gasteiger partial charge in [0, 0.05) is 11.8 Å². The van der Waals surface area contributed by atoms with Crippen LogP contribution in [0, 0.1) is 56.7 Å². The summed E-state index contributed by atoms with van der Waals surface area (Å²) < 4.78 is 11.7. The molecule has 4 atom stereocenters. The molecule has 1 heterocycles. The standard InChI is InChI=1S/C24H27N5O2/c1-5-30-21-10-16(6-7-20(21)31-15(2)3)22-19-12-29(4)9-8-17(19)18(11-25)23(28)24(22,13-26)14-27/h6-8,10,15,18-19,22,28H,5,9,12H2,1-4H3/p+1/t18-,19+,22+/m0/s1. The molecule has 2 N–H and O–H groups in total. The van der Waals surface area contributed by atoms with Gasteiger partial charge in [-0.1, -0.05) is 6.07 Å². The molecule has 1 unspecified atom stereocenters. The van der Waals surface area contributed by atoms with Crippen molar-refractivity contribution in [3.8, 4) is 29.7 Å². The third kappa shape index (κ3) is 3.76. The topological polar surface area (TPSA) is 118 Å². The van der Waals surface area contributed by atoms with E-state index in [9.17, 15) is 15.8 Å². The van der Waals surface area contributed by atoms with Gasteiger partial charge in [0.25, 0.3) is 0 Å². The fourth-order valence-corrected chi connectivity index (χ4v) is 4.77. The predicted octanol–water partition coefficient (Wildman–Crippen LogP) is 2.23. The van der Waals surface area contributed by atoms with E-state index in [2.05, 4.69) is 25.3 Å². The summed E-state index contributed by atoms with van der Waals surface area (Å²) in [6.07, 6.45) is 1.98. The predicted molar refractivity (Wildman–Crippen MR) is 115 cm³/mol. The van der Waals surface area contributed by atoms with Gasteiger partial charge in [0.15, 0.2) is 16.9 Å². The lowest BCUT2D eigenvalue weighted by Gasteiger charge is -2.46. The van der Waals surface area contributed by atoms with Crippen molar-refractivity contribution in [3.63, 3.8) is 0 Å². The molecule has 0 spiro atoms. The summed E-state index contributed by atoms with van der Waals surface area (Å²) in [5, 5.41) is 38.8. The maximum atomic E-state index is 10.2. The molecule has 0 saturated heterocycles. The Labute approximate surface area is 183 Å². The van der Waals surface area contributed by atoms with Crippen molar-refractivity contribution in [2.75, 3.05) is 26.7 Å². The average Bonchev–Trinajstić information content (AvgIpc) is 2.74. The van der Waals surface area contributed by atoms with Crippen LogP contribution in [0.1, 0.15) is 32.3 Å². The molecule has 7 nitrogen and oxygen atoms in total. The lowest BCUT2D eigenvalue weighted by Crippen LogP contribution is -3.10. The van der Waals surface area contributed by atoms with Crippen LogP contribution in [0.25, 0.3) is 0 Å². The number of likely N-dealkylation sites (N-methyl/N-ethyl adjacent to an activating group) is 1. The van der Waals surface area contributed by atoms with E-state index in [1.165, 1.54) is 4.90 Å². The first-order chi connectivity index (χ1) is 14.8. The second-order valence-corrected chi connectivity index (χ2v) is 8.47. The Balaban J connectivity index is 2.22. The van der Waals surface area contributed by atoms with E-state index in [1.54, 1.807) is 0 Å². The number of nitriles is 3. The third-order valence-electron chi connectivity index (χ3n) is 6.07. The minimum Gasteiger partial charge on any atom is -0.490 e. The number of benzene rings is 1. The normalized spacial score (nSPS) is 26.6. The maximum absolute atomic E-state index is 10.2. The molecule has 0 bridgehead atoms. The van der Waals surface area contributed by atoms with Crippen molar-refractivity contribution in [3.05, 3.63) is 35.4 Å². The molecule has 2 aliphatic rings. The van der Waals surface area contributed by atoms with Gasteiger partial charge >= 0.3 is 0 Å². The Morgan fingerprint density at radius 2 is 1.94 bits per heavy atom. The molecule has 31 heavy (non-hydrogen) atoms. The SMILES string of the molecule is CCOc1cc([C@@H]2[C@@H]3C[NH+](C)CC=C3[C@H](C#N)C(=N)C2(C#N)C#N)ccc1OC(C)C. The highest BCUT2D eigenvalue weighted by atomic mass is 16.5. The molecule has 1 aromatic rings. The first-order valence-corrected chi connectivity index (χ1v) is 10.6. The summed E-state index contributed by atoms with van der Waals surface area (Å²) in [4.78, 5) is 1.23. The van der Waals surface area contributed by atoms with E-state index in [4.69, 9.17) is 14.9 Å². The van der Waals surface area contributed by atoms with E-state index >= 15 is 0 Å². The summed E-state index contributed by atoms with van der Waals surface area (Å²) in [5.41, 5.74) is -0.254. The Morgan fingerprint density at radius 3 is 2.52 bits per heavy atom. The van der Waals surface area contributed by atoms with Gasteiger partial charge in [-0.3, -0.25) is 0 Å². The van der Waals surface area contributed by atoms with E-state index < -0.39 is 17.3 Å². The number of rotatable bonds is 5. The average molecular weight is 419 g/mol. The zero-order valence-electron chi connectivity index (χ0n) is 18.4. The molecule has 160 valence electrons. The molecular formula is C24H28N5O2+. The van der Waals surface area contributed by atoms with E-state index in [0.717, 1.165) is 17.7 Å². The summed E-state index contributed by atoms with van der Waals surface area (Å²) in [6, 6.07) is 11.9. The molecule has 0 amide bonds. The van der Waals surface area contributed by atoms with Gasteiger partial charge in [-0.15, -0.1) is 0 Å². The van der Waals surface area contributed by atoms with Crippen molar-refractivity contribution in [1.29, 1.82) is 21.2 Å². The van der Waals surface area contributed by atoms with Crippen LogP contribution in [-0.4, -0.2) is 38.6 Å². The van der Waals surface area contributed by atoms with Crippen LogP contribution in [0.5, 0.6) is 11.5 Å². The quantitative estimate of drug-likeness (QED) is 0.711. The molecule has 1 aliphatic heterocycles. The van der Waals surface area contributed by atoms with Gasteiger partial charge in [-0.25, -0.2) is 0 Å². The molecule has 7 heteroatoms. The summed E-state index contributed by atoms with van der Waals surface area (Å²) in [5.74, 6) is -0.465. The molecule has 1 saturated carbocycles. The zero-order valence-corrected chi connectivity index (χ0v) is 18.4. The monoisotopic (exact) mass is 418 g/mol. The zero-order chi connectivity index (χ0) is 22.8. The smallest absolute Gasteiger partial charge is 0.189 e. The van der Waals surface area contributed by atoms with Crippen molar-refractivity contribution in [1.82, 2.24) is 0 Å². The van der Waals surface area contributed by atoms with Crippen LogP contribution in [-0.2, 0) is 0 Å². The fourth-order valence-electron chi connectivity index (χ4n) is 4.77. The van der Waals surface area contributed by atoms with Crippen molar-refractivity contribution < 1.29 is 14.4 Å². The van der Waals surface area contributed by atoms with Crippen LogP contribution in [0.3, 0.4) is 0 Å². The number of hydrogen-bond donors (Lipinski definition) is 2. The Bertz CT molecular complexity index is 1010. The molecule has 1 fully saturated rings.